The van der Waals surface area contributed by atoms with E-state index in [1.165, 1.54) is 89.0 Å². The number of halogens is 2. The van der Waals surface area contributed by atoms with Gasteiger partial charge in [0.2, 0.25) is 0 Å². The first kappa shape index (κ1) is 34.9. The van der Waals surface area contributed by atoms with Gasteiger partial charge in [-0.1, -0.05) is 0 Å². The van der Waals surface area contributed by atoms with Crippen molar-refractivity contribution in [2.24, 2.45) is 0 Å². The van der Waals surface area contributed by atoms with E-state index in [-0.39, 0.29) is 7.25 Å². The van der Waals surface area contributed by atoms with Gasteiger partial charge in [0, 0.05) is 0 Å². The van der Waals surface area contributed by atoms with E-state index in [2.05, 4.69) is 142 Å². The zero-order valence-electron chi connectivity index (χ0n) is 30.0. The van der Waals surface area contributed by atoms with Gasteiger partial charge >= 0.3 is 295 Å². The summed E-state index contributed by atoms with van der Waals surface area (Å²) in [5.41, 5.74) is 21.3. The van der Waals surface area contributed by atoms with Gasteiger partial charge < -0.3 is 0 Å². The molecule has 2 atom stereocenters. The van der Waals surface area contributed by atoms with Gasteiger partial charge in [0.1, 0.15) is 0 Å². The van der Waals surface area contributed by atoms with Crippen molar-refractivity contribution in [2.75, 3.05) is 0 Å². The van der Waals surface area contributed by atoms with Gasteiger partial charge in [-0.05, 0) is 0 Å². The third-order valence-corrected chi connectivity index (χ3v) is 61.3. The fraction of sp³-hybridized carbons (Fsp3) is 0.349. The molecule has 4 aromatic rings. The molecule has 4 heteroatoms. The molecule has 0 bridgehead atoms. The third kappa shape index (κ3) is 5.78. The van der Waals surface area contributed by atoms with Crippen LogP contribution in [0.25, 0.3) is 34.4 Å². The van der Waals surface area contributed by atoms with Crippen LogP contribution in [0.15, 0.2) is 71.8 Å². The van der Waals surface area contributed by atoms with E-state index in [9.17, 15) is 0 Å². The number of fused-ring (bicyclic) bond motifs is 2. The molecule has 0 N–H and O–H groups in total. The molecular formula is C43H51Cl2SiZr. The molecule has 2 aliphatic carbocycles. The summed E-state index contributed by atoms with van der Waals surface area (Å²) in [5.74, 6) is -1.64. The van der Waals surface area contributed by atoms with Crippen molar-refractivity contribution in [3.8, 4) is 22.3 Å². The maximum atomic E-state index is 8.85. The van der Waals surface area contributed by atoms with E-state index in [0.29, 0.717) is 0 Å². The van der Waals surface area contributed by atoms with Crippen molar-refractivity contribution in [1.82, 2.24) is 0 Å². The average Bonchev–Trinajstić information content (AvgIpc) is 3.53. The minimum atomic E-state index is -4.89. The number of rotatable bonds is 8. The molecule has 0 amide bonds. The van der Waals surface area contributed by atoms with Crippen LogP contribution in [-0.2, 0) is 15.6 Å². The molecule has 2 aliphatic rings. The van der Waals surface area contributed by atoms with Gasteiger partial charge in [0.05, 0.1) is 0 Å². The van der Waals surface area contributed by atoms with E-state index in [1.807, 2.05) is 0 Å². The summed E-state index contributed by atoms with van der Waals surface area (Å²) >= 11 is -4.89. The molecule has 47 heavy (non-hydrogen) atoms. The van der Waals surface area contributed by atoms with Gasteiger partial charge in [0.15, 0.2) is 0 Å². The minimum absolute atomic E-state index is 0.104. The molecule has 0 nitrogen and oxygen atoms in total. The van der Waals surface area contributed by atoms with Gasteiger partial charge in [0.25, 0.3) is 0 Å². The first-order chi connectivity index (χ1) is 22.2. The van der Waals surface area contributed by atoms with Crippen LogP contribution in [0.2, 0.25) is 12.1 Å². The molecule has 0 aliphatic heterocycles. The van der Waals surface area contributed by atoms with Crippen molar-refractivity contribution >= 4 is 35.1 Å². The van der Waals surface area contributed by atoms with Gasteiger partial charge in [-0.2, -0.15) is 0 Å². The second kappa shape index (κ2) is 12.7. The van der Waals surface area contributed by atoms with E-state index in [1.54, 1.807) is 0 Å². The Balaban J connectivity index is 1.65. The molecule has 2 unspecified atom stereocenters. The van der Waals surface area contributed by atoms with Crippen LogP contribution in [0.5, 0.6) is 0 Å². The zero-order chi connectivity index (χ0) is 34.0. The zero-order valence-corrected chi connectivity index (χ0v) is 35.2. The second-order valence-electron chi connectivity index (χ2n) is 15.0. The fourth-order valence-electron chi connectivity index (χ4n) is 9.61. The quantitative estimate of drug-likeness (QED) is 0.157. The summed E-state index contributed by atoms with van der Waals surface area (Å²) in [6.07, 6.45) is 5.93. The summed E-state index contributed by atoms with van der Waals surface area (Å²) in [4.78, 5) is 0. The van der Waals surface area contributed by atoms with Gasteiger partial charge in [-0.15, -0.1) is 0 Å². The van der Waals surface area contributed by atoms with Crippen LogP contribution < -0.4 is 0 Å². The topological polar surface area (TPSA) is 0 Å². The molecule has 0 spiro atoms. The Bertz CT molecular complexity index is 1940. The second-order valence-corrected chi connectivity index (χ2v) is 55.7. The molecule has 0 fully saturated rings. The third-order valence-electron chi connectivity index (χ3n) is 11.2. The number of hydrogen-bond donors (Lipinski definition) is 0. The van der Waals surface area contributed by atoms with E-state index in [0.717, 1.165) is 18.5 Å². The normalized spacial score (nSPS) is 18.1. The molecule has 0 aromatic heterocycles. The maximum absolute atomic E-state index is 8.85. The van der Waals surface area contributed by atoms with Crippen molar-refractivity contribution < 1.29 is 15.6 Å². The molecule has 4 aromatic carbocycles. The van der Waals surface area contributed by atoms with Crippen molar-refractivity contribution in [3.63, 3.8) is 0 Å². The molecule has 0 heterocycles. The van der Waals surface area contributed by atoms with Crippen LogP contribution >= 0.6 is 17.0 Å². The Kier molecular flexibility index (Phi) is 9.45. The van der Waals surface area contributed by atoms with Crippen molar-refractivity contribution in [2.45, 2.75) is 95.0 Å². The molecular weight excluding hydrogens is 707 g/mol. The van der Waals surface area contributed by atoms with Crippen molar-refractivity contribution in [1.29, 1.82) is 0 Å². The predicted molar refractivity (Wildman–Crippen MR) is 209 cm³/mol. The van der Waals surface area contributed by atoms with E-state index in [4.69, 9.17) is 17.0 Å². The first-order valence-corrected chi connectivity index (χ1v) is 33.3. The monoisotopic (exact) mass is 755 g/mol. The van der Waals surface area contributed by atoms with Crippen LogP contribution in [0.4, 0.5) is 0 Å². The number of benzene rings is 4. The van der Waals surface area contributed by atoms with E-state index < -0.39 is 21.5 Å². The fourth-order valence-corrected chi connectivity index (χ4v) is 63.2. The van der Waals surface area contributed by atoms with Gasteiger partial charge in [-0.3, -0.25) is 0 Å². The predicted octanol–water partition coefficient (Wildman–Crippen LogP) is 13.6. The van der Waals surface area contributed by atoms with Crippen LogP contribution in [-0.4, -0.2) is 5.92 Å². The number of allylic oxidation sites excluding steroid dienone is 2. The molecule has 0 radical (unpaired) electrons. The summed E-state index contributed by atoms with van der Waals surface area (Å²) < 4.78 is 0.220. The van der Waals surface area contributed by atoms with E-state index >= 15 is 0 Å². The SMILES string of the molecule is CCC1=Cc2c(-c3cc(C)cc(C)c3)cc(C)cc2[CH]1[Zr]([Cl])([Cl])([CH]1C(C)=Cc2c(-c3cc(C)cc(C)c3)cc(C)cc21)[SiH](CC)CC. The Morgan fingerprint density at radius 1 is 0.532 bits per heavy atom. The average molecular weight is 758 g/mol. The number of hydrogen-bond acceptors (Lipinski definition) is 0. The Labute approximate surface area is 293 Å². The molecule has 0 saturated heterocycles. The summed E-state index contributed by atoms with van der Waals surface area (Å²) in [6.45, 7) is 22.7. The van der Waals surface area contributed by atoms with Gasteiger partial charge in [-0.25, -0.2) is 0 Å². The Morgan fingerprint density at radius 3 is 1.36 bits per heavy atom. The Hall–Kier alpha value is -1.96. The first-order valence-electron chi connectivity index (χ1n) is 17.6. The molecule has 0 saturated carbocycles. The summed E-state index contributed by atoms with van der Waals surface area (Å²) in [5, 5.41) is 0. The summed E-state index contributed by atoms with van der Waals surface area (Å²) in [6, 6.07) is 25.8. The standard InChI is InChI=1S/C20H21.C19H19.C4H11Si.2ClH.Zr/c1-5-16-11-18-9-15(4)10-19(20(18)12-16)17-7-13(2)6-14(3)8-17;1-12-5-13(2)7-16(6-12)18-10-14(3)8-17-9-15(4)11-19(17)18;1-3-5-4-2;;;/h6-12H,5H2,1-4H3;5-11H,1-4H3;5H,3-4H2,1-2H3;2*1H;/q;;;;;+2/p-2. The molecule has 245 valence electrons. The summed E-state index contributed by atoms with van der Waals surface area (Å²) in [7, 11) is 17.7. The number of aryl methyl sites for hydroxylation is 6. The molecule has 6 rings (SSSR count). The van der Waals surface area contributed by atoms with Crippen LogP contribution in [0, 0.1) is 41.5 Å². The van der Waals surface area contributed by atoms with Crippen LogP contribution in [0.1, 0.15) is 97.0 Å². The van der Waals surface area contributed by atoms with Crippen molar-refractivity contribution in [3.05, 3.63) is 127 Å². The Morgan fingerprint density at radius 2 is 0.936 bits per heavy atom. The van der Waals surface area contributed by atoms with Crippen LogP contribution in [0.3, 0.4) is 0 Å².